The fourth-order valence-corrected chi connectivity index (χ4v) is 7.43. The molecular weight excluding hydrogens is 533 g/mol. The second-order valence-corrected chi connectivity index (χ2v) is 23.9. The van der Waals surface area contributed by atoms with Gasteiger partial charge in [-0.05, 0) is 36.3 Å². The van der Waals surface area contributed by atoms with E-state index in [4.69, 9.17) is 28.2 Å². The fourth-order valence-electron chi connectivity index (χ4n) is 3.92. The van der Waals surface area contributed by atoms with Crippen LogP contribution in [0.4, 0.5) is 0 Å². The normalized spacial score (nSPS) is 28.7. The van der Waals surface area contributed by atoms with Crippen molar-refractivity contribution in [3.63, 3.8) is 0 Å². The Kier molecular flexibility index (Phi) is 8.06. The first-order valence-electron chi connectivity index (χ1n) is 12.5. The molecule has 2 aliphatic rings. The van der Waals surface area contributed by atoms with E-state index in [1.54, 1.807) is 18.0 Å². The predicted octanol–water partition coefficient (Wildman–Crippen LogP) is 3.63. The second kappa shape index (κ2) is 9.80. The average Bonchev–Trinajstić information content (AvgIpc) is 3.34. The monoisotopic (exact) mass is 576 g/mol. The summed E-state index contributed by atoms with van der Waals surface area (Å²) in [6, 6.07) is 0. The molecule has 11 nitrogen and oxygen atoms in total. The van der Waals surface area contributed by atoms with Crippen molar-refractivity contribution in [2.45, 2.75) is 108 Å². The van der Waals surface area contributed by atoms with Crippen LogP contribution < -0.4 is 5.73 Å². The number of nitrogens with zero attached hydrogens (tertiary/aromatic N) is 3. The minimum absolute atomic E-state index is 0.0240. The molecule has 0 saturated carbocycles. The molecule has 14 heteroatoms. The molecule has 0 unspecified atom stereocenters. The van der Waals surface area contributed by atoms with Gasteiger partial charge in [0, 0.05) is 7.11 Å². The van der Waals surface area contributed by atoms with E-state index < -0.39 is 50.8 Å². The van der Waals surface area contributed by atoms with Crippen LogP contribution in [0.1, 0.15) is 53.5 Å². The van der Waals surface area contributed by atoms with Crippen LogP contribution in [0.2, 0.25) is 36.3 Å². The second-order valence-electron chi connectivity index (χ2n) is 12.9. The van der Waals surface area contributed by atoms with Crippen LogP contribution in [0, 0.1) is 0 Å². The molecule has 0 bridgehead atoms. The lowest BCUT2D eigenvalue weighted by Gasteiger charge is -2.43. The van der Waals surface area contributed by atoms with Gasteiger partial charge in [0.05, 0.1) is 36.2 Å². The number of hydrogen-bond acceptors (Lipinski definition) is 10. The Hall–Kier alpha value is -1.14. The first kappa shape index (κ1) is 30.4. The predicted molar refractivity (Wildman–Crippen MR) is 145 cm³/mol. The molecule has 0 aliphatic carbocycles. The largest absolute Gasteiger partial charge is 0.414 e. The van der Waals surface area contributed by atoms with Crippen molar-refractivity contribution >= 4 is 26.8 Å². The van der Waals surface area contributed by atoms with Crippen molar-refractivity contribution in [1.29, 1.82) is 0 Å². The maximum absolute atomic E-state index is 12.8. The van der Waals surface area contributed by atoms with E-state index in [2.05, 4.69) is 78.0 Å². The van der Waals surface area contributed by atoms with Crippen LogP contribution in [-0.4, -0.2) is 71.6 Å². The van der Waals surface area contributed by atoms with Crippen molar-refractivity contribution < 1.29 is 30.9 Å². The lowest BCUT2D eigenvalue weighted by molar-refractivity contribution is -0.0617. The Morgan fingerprint density at radius 2 is 1.70 bits per heavy atom. The molecule has 2 aliphatic heterocycles. The number of hydrogen-bond donors (Lipinski definition) is 1. The van der Waals surface area contributed by atoms with Crippen LogP contribution >= 0.6 is 0 Å². The SMILES string of the molecule is COCc1cnnn1[C@@H]1O[C@H](CO[Si](C)(C)C(C)(C)C)[C@@]2(OS(=O)(=O)C=C2N)[C@H]1O[Si](C)(C)C(C)(C)C. The Bertz CT molecular complexity index is 1120. The summed E-state index contributed by atoms with van der Waals surface area (Å²) in [6.07, 6.45) is -1.12. The standard InChI is InChI=1S/C23H44N4O7SSi2/c1-21(2,3)36(8,9)31-14-18-23(17(24)15-35(28,29)34-23)19(33-37(10,11)22(4,5)6)20(32-18)27-16(13-30-7)12-25-26-27/h12,15,18-20H,13-14,24H2,1-11H3/t18-,19+,20-,23-/m1/s1. The van der Waals surface area contributed by atoms with Gasteiger partial charge in [-0.15, -0.1) is 5.10 Å². The summed E-state index contributed by atoms with van der Waals surface area (Å²) in [4.78, 5) is 0. The molecular formula is C23H44N4O7SSi2. The van der Waals surface area contributed by atoms with Crippen LogP contribution in [0.25, 0.3) is 0 Å². The van der Waals surface area contributed by atoms with Crippen molar-refractivity contribution in [3.05, 3.63) is 23.0 Å². The maximum Gasteiger partial charge on any atom is 0.292 e. The summed E-state index contributed by atoms with van der Waals surface area (Å²) < 4.78 is 58.3. The zero-order valence-corrected chi connectivity index (χ0v) is 26.8. The topological polar surface area (TPSA) is 137 Å². The van der Waals surface area contributed by atoms with E-state index in [0.717, 1.165) is 5.41 Å². The van der Waals surface area contributed by atoms with Crippen molar-refractivity contribution in [3.8, 4) is 0 Å². The molecule has 1 spiro atoms. The first-order valence-corrected chi connectivity index (χ1v) is 19.8. The van der Waals surface area contributed by atoms with Crippen LogP contribution in [0.5, 0.6) is 0 Å². The number of methoxy groups -OCH3 is 1. The molecule has 0 aromatic carbocycles. The van der Waals surface area contributed by atoms with E-state index in [1.807, 2.05) is 0 Å². The van der Waals surface area contributed by atoms with Crippen LogP contribution in [0.15, 0.2) is 17.3 Å². The Balaban J connectivity index is 2.17. The summed E-state index contributed by atoms with van der Waals surface area (Å²) in [5.74, 6) is 0. The lowest BCUT2D eigenvalue weighted by Crippen LogP contribution is -2.59. The van der Waals surface area contributed by atoms with Crippen molar-refractivity contribution in [2.75, 3.05) is 13.7 Å². The van der Waals surface area contributed by atoms with Gasteiger partial charge in [0.1, 0.15) is 12.2 Å². The third-order valence-electron chi connectivity index (χ3n) is 8.25. The van der Waals surface area contributed by atoms with Crippen LogP contribution in [0.3, 0.4) is 0 Å². The smallest absolute Gasteiger partial charge is 0.292 e. The summed E-state index contributed by atoms with van der Waals surface area (Å²) in [5, 5.41) is 9.00. The number of ether oxygens (including phenoxy) is 2. The van der Waals surface area contributed by atoms with Gasteiger partial charge in [0.2, 0.25) is 0 Å². The Morgan fingerprint density at radius 3 is 2.19 bits per heavy atom. The molecule has 0 radical (unpaired) electrons. The van der Waals surface area contributed by atoms with Gasteiger partial charge in [-0.25, -0.2) is 8.86 Å². The van der Waals surface area contributed by atoms with Gasteiger partial charge in [-0.1, -0.05) is 46.8 Å². The summed E-state index contributed by atoms with van der Waals surface area (Å²) >= 11 is 0. The molecule has 2 N–H and O–H groups in total. The molecule has 4 atom stereocenters. The number of aromatic nitrogens is 3. The summed E-state index contributed by atoms with van der Waals surface area (Å²) in [5.41, 5.74) is 5.53. The molecule has 37 heavy (non-hydrogen) atoms. The molecule has 3 heterocycles. The van der Waals surface area contributed by atoms with Crippen molar-refractivity contribution in [2.24, 2.45) is 5.73 Å². The Morgan fingerprint density at radius 1 is 1.11 bits per heavy atom. The average molecular weight is 577 g/mol. The van der Waals surface area contributed by atoms with E-state index in [-0.39, 0.29) is 29.0 Å². The van der Waals surface area contributed by atoms with Gasteiger partial charge in [-0.2, -0.15) is 8.42 Å². The lowest BCUT2D eigenvalue weighted by atomic mass is 9.89. The minimum Gasteiger partial charge on any atom is -0.414 e. The molecule has 1 saturated heterocycles. The van der Waals surface area contributed by atoms with Crippen LogP contribution in [-0.2, 0) is 39.2 Å². The first-order chi connectivity index (χ1) is 16.7. The highest BCUT2D eigenvalue weighted by Crippen LogP contribution is 2.52. The third-order valence-corrected chi connectivity index (χ3v) is 18.3. The van der Waals surface area contributed by atoms with Gasteiger partial charge in [0.15, 0.2) is 28.5 Å². The molecule has 212 valence electrons. The highest BCUT2D eigenvalue weighted by atomic mass is 32.2. The summed E-state index contributed by atoms with van der Waals surface area (Å²) in [7, 11) is -7.27. The van der Waals surface area contributed by atoms with E-state index in [0.29, 0.717) is 5.69 Å². The molecule has 1 aromatic rings. The molecule has 1 fully saturated rings. The summed E-state index contributed by atoms with van der Waals surface area (Å²) in [6.45, 7) is 21.4. The highest BCUT2D eigenvalue weighted by molar-refractivity contribution is 7.90. The van der Waals surface area contributed by atoms with Gasteiger partial charge < -0.3 is 24.1 Å². The molecule has 3 rings (SSSR count). The van der Waals surface area contributed by atoms with E-state index >= 15 is 0 Å². The molecule has 1 aromatic heterocycles. The van der Waals surface area contributed by atoms with E-state index in [1.165, 1.54) is 0 Å². The number of nitrogens with two attached hydrogens (primary N) is 1. The van der Waals surface area contributed by atoms with Gasteiger partial charge in [-0.3, -0.25) is 0 Å². The Labute approximate surface area is 223 Å². The maximum atomic E-state index is 12.8. The quantitative estimate of drug-likeness (QED) is 0.361. The zero-order chi connectivity index (χ0) is 28.2. The number of rotatable bonds is 8. The van der Waals surface area contributed by atoms with Crippen molar-refractivity contribution in [1.82, 2.24) is 15.0 Å². The molecule has 0 amide bonds. The van der Waals surface area contributed by atoms with Gasteiger partial charge >= 0.3 is 0 Å². The van der Waals surface area contributed by atoms with Gasteiger partial charge in [0.25, 0.3) is 10.1 Å². The fraction of sp³-hybridized carbons (Fsp3) is 0.826. The zero-order valence-electron chi connectivity index (χ0n) is 24.0. The minimum atomic E-state index is -4.08. The van der Waals surface area contributed by atoms with E-state index in [9.17, 15) is 8.42 Å². The highest BCUT2D eigenvalue weighted by Gasteiger charge is 2.67. The third kappa shape index (κ3) is 5.62.